The average Bonchev–Trinajstić information content (AvgIpc) is 3.19. The molecule has 186 valence electrons. The summed E-state index contributed by atoms with van der Waals surface area (Å²) in [6, 6.07) is 15.4. The summed E-state index contributed by atoms with van der Waals surface area (Å²) >= 11 is 0. The van der Waals surface area contributed by atoms with E-state index in [4.69, 9.17) is 4.74 Å². The summed E-state index contributed by atoms with van der Waals surface area (Å²) in [7, 11) is 0. The second-order valence-electron chi connectivity index (χ2n) is 9.57. The number of nitrogens with one attached hydrogen (secondary N) is 2. The lowest BCUT2D eigenvalue weighted by molar-refractivity contribution is -0.143. The van der Waals surface area contributed by atoms with Gasteiger partial charge in [0, 0.05) is 12.0 Å². The Morgan fingerprint density at radius 3 is 2.31 bits per heavy atom. The highest BCUT2D eigenvalue weighted by Crippen LogP contribution is 2.44. The first-order valence-electron chi connectivity index (χ1n) is 12.6. The topological polar surface area (TPSA) is 105 Å². The van der Waals surface area contributed by atoms with Crippen molar-refractivity contribution in [3.05, 3.63) is 59.7 Å². The maximum absolute atomic E-state index is 13.0. The highest BCUT2D eigenvalue weighted by molar-refractivity contribution is 5.86. The number of carboxylic acids is 1. The van der Waals surface area contributed by atoms with Gasteiger partial charge in [-0.3, -0.25) is 9.59 Å². The molecule has 2 aromatic rings. The van der Waals surface area contributed by atoms with E-state index >= 15 is 0 Å². The molecule has 0 saturated heterocycles. The number of hydrogen-bond donors (Lipinski definition) is 3. The Morgan fingerprint density at radius 2 is 1.69 bits per heavy atom. The molecule has 3 atom stereocenters. The van der Waals surface area contributed by atoms with Gasteiger partial charge in [-0.15, -0.1) is 0 Å². The Morgan fingerprint density at radius 1 is 1.03 bits per heavy atom. The lowest BCUT2D eigenvalue weighted by atomic mass is 9.85. The van der Waals surface area contributed by atoms with Crippen LogP contribution in [0.3, 0.4) is 0 Å². The summed E-state index contributed by atoms with van der Waals surface area (Å²) in [5.41, 5.74) is 4.58. The molecule has 0 aliphatic heterocycles. The van der Waals surface area contributed by atoms with Crippen molar-refractivity contribution >= 4 is 18.0 Å². The monoisotopic (exact) mass is 478 g/mol. The molecule has 0 heterocycles. The van der Waals surface area contributed by atoms with Gasteiger partial charge in [0.15, 0.2) is 0 Å². The van der Waals surface area contributed by atoms with Gasteiger partial charge >= 0.3 is 12.1 Å². The molecule has 7 heteroatoms. The number of carbonyl (C=O) groups excluding carboxylic acids is 2. The quantitative estimate of drug-likeness (QED) is 0.478. The number of hydrogen-bond acceptors (Lipinski definition) is 4. The Kier molecular flexibility index (Phi) is 8.06. The van der Waals surface area contributed by atoms with Crippen LogP contribution >= 0.6 is 0 Å². The Labute approximate surface area is 206 Å². The van der Waals surface area contributed by atoms with Crippen LogP contribution in [0.15, 0.2) is 48.5 Å². The number of unbranched alkanes of at least 4 members (excludes halogenated alkanes) is 1. The van der Waals surface area contributed by atoms with Gasteiger partial charge in [0.1, 0.15) is 12.6 Å². The SMILES string of the molecule is CCCCC(NC(=O)OCC1c2ccccc2-c2ccccc21)C(=O)N[C@@H]1CCC[C@H](C(=O)O)C1. The van der Waals surface area contributed by atoms with Gasteiger partial charge < -0.3 is 20.5 Å². The third kappa shape index (κ3) is 5.84. The fourth-order valence-corrected chi connectivity index (χ4v) is 5.31. The molecule has 0 radical (unpaired) electrons. The summed E-state index contributed by atoms with van der Waals surface area (Å²) in [5, 5.41) is 15.0. The minimum absolute atomic E-state index is 0.0498. The smallest absolute Gasteiger partial charge is 0.407 e. The normalized spacial score (nSPS) is 19.8. The molecule has 0 spiro atoms. The van der Waals surface area contributed by atoms with Crippen molar-refractivity contribution in [2.75, 3.05) is 6.61 Å². The molecule has 0 aromatic heterocycles. The molecule has 2 aliphatic rings. The standard InChI is InChI=1S/C28H34N2O5/c1-2-3-15-25(26(31)29-19-10-8-9-18(16-19)27(32)33)30-28(34)35-17-24-22-13-6-4-11-20(22)21-12-5-7-14-23(21)24/h4-7,11-14,18-19,24-25H,2-3,8-10,15-17H2,1H3,(H,29,31)(H,30,34)(H,32,33)/t18-,19+,25?/m0/s1. The molecule has 35 heavy (non-hydrogen) atoms. The minimum Gasteiger partial charge on any atom is -0.481 e. The predicted molar refractivity (Wildman–Crippen MR) is 133 cm³/mol. The van der Waals surface area contributed by atoms with Gasteiger partial charge in [0.05, 0.1) is 5.92 Å². The molecule has 0 bridgehead atoms. The van der Waals surface area contributed by atoms with Crippen molar-refractivity contribution in [2.24, 2.45) is 5.92 Å². The van der Waals surface area contributed by atoms with E-state index < -0.39 is 24.0 Å². The number of ether oxygens (including phenoxy) is 1. The van der Waals surface area contributed by atoms with Crippen molar-refractivity contribution in [2.45, 2.75) is 69.9 Å². The highest BCUT2D eigenvalue weighted by Gasteiger charge is 2.31. The number of fused-ring (bicyclic) bond motifs is 3. The molecule has 2 aromatic carbocycles. The van der Waals surface area contributed by atoms with Crippen LogP contribution in [0.5, 0.6) is 0 Å². The maximum atomic E-state index is 13.0. The Bertz CT molecular complexity index is 1020. The van der Waals surface area contributed by atoms with Crippen molar-refractivity contribution in [3.8, 4) is 11.1 Å². The van der Waals surface area contributed by atoms with Crippen LogP contribution in [0.25, 0.3) is 11.1 Å². The van der Waals surface area contributed by atoms with Crippen molar-refractivity contribution < 1.29 is 24.2 Å². The van der Waals surface area contributed by atoms with Gasteiger partial charge in [0.2, 0.25) is 5.91 Å². The summed E-state index contributed by atoms with van der Waals surface area (Å²) < 4.78 is 5.63. The summed E-state index contributed by atoms with van der Waals surface area (Å²) in [4.78, 5) is 37.1. The third-order valence-corrected chi connectivity index (χ3v) is 7.17. The van der Waals surface area contributed by atoms with Crippen molar-refractivity contribution in [1.29, 1.82) is 0 Å². The number of amides is 2. The molecular formula is C28H34N2O5. The number of rotatable bonds is 9. The first-order valence-corrected chi connectivity index (χ1v) is 12.6. The third-order valence-electron chi connectivity index (χ3n) is 7.17. The highest BCUT2D eigenvalue weighted by atomic mass is 16.5. The van der Waals surface area contributed by atoms with Crippen molar-refractivity contribution in [1.82, 2.24) is 10.6 Å². The number of carbonyl (C=O) groups is 3. The van der Waals surface area contributed by atoms with E-state index in [1.807, 2.05) is 31.2 Å². The van der Waals surface area contributed by atoms with Crippen molar-refractivity contribution in [3.63, 3.8) is 0 Å². The second-order valence-corrected chi connectivity index (χ2v) is 9.57. The lowest BCUT2D eigenvalue weighted by Gasteiger charge is -2.29. The van der Waals surface area contributed by atoms with Crippen LogP contribution in [-0.4, -0.2) is 41.8 Å². The fraction of sp³-hybridized carbons (Fsp3) is 0.464. The molecule has 7 nitrogen and oxygen atoms in total. The number of benzene rings is 2. The number of aliphatic carboxylic acids is 1. The van der Waals surface area contributed by atoms with Crippen LogP contribution in [0.1, 0.15) is 68.9 Å². The zero-order valence-electron chi connectivity index (χ0n) is 20.2. The maximum Gasteiger partial charge on any atom is 0.407 e. The van der Waals surface area contributed by atoms with Crippen LogP contribution in [0, 0.1) is 5.92 Å². The van der Waals surface area contributed by atoms with Crippen LogP contribution in [0.4, 0.5) is 4.79 Å². The molecule has 4 rings (SSSR count). The lowest BCUT2D eigenvalue weighted by Crippen LogP contribution is -2.51. The molecule has 3 N–H and O–H groups in total. The Hall–Kier alpha value is -3.35. The van der Waals surface area contributed by atoms with Gasteiger partial charge in [-0.25, -0.2) is 4.79 Å². The van der Waals surface area contributed by atoms with Crippen LogP contribution < -0.4 is 10.6 Å². The van der Waals surface area contributed by atoms with Gasteiger partial charge in [0.25, 0.3) is 0 Å². The first-order chi connectivity index (χ1) is 17.0. The molecular weight excluding hydrogens is 444 g/mol. The molecule has 1 unspecified atom stereocenters. The van der Waals surface area contributed by atoms with Gasteiger partial charge in [-0.2, -0.15) is 0 Å². The zero-order valence-corrected chi connectivity index (χ0v) is 20.2. The molecule has 1 saturated carbocycles. The summed E-state index contributed by atoms with van der Waals surface area (Å²) in [5.74, 6) is -1.57. The zero-order chi connectivity index (χ0) is 24.8. The average molecular weight is 479 g/mol. The van der Waals surface area contributed by atoms with Gasteiger partial charge in [-0.05, 0) is 47.9 Å². The molecule has 2 aliphatic carbocycles. The predicted octanol–water partition coefficient (Wildman–Crippen LogP) is 4.84. The van der Waals surface area contributed by atoms with E-state index in [2.05, 4.69) is 34.9 Å². The molecule has 2 amide bonds. The second kappa shape index (κ2) is 11.4. The fourth-order valence-electron chi connectivity index (χ4n) is 5.31. The number of alkyl carbamates (subject to hydrolysis) is 1. The number of carboxylic acid groups (broad SMARTS) is 1. The van der Waals surface area contributed by atoms with E-state index in [0.717, 1.165) is 47.9 Å². The van der Waals surface area contributed by atoms with E-state index in [-0.39, 0.29) is 24.5 Å². The van der Waals surface area contributed by atoms with E-state index in [0.29, 0.717) is 19.3 Å². The van der Waals surface area contributed by atoms with Crippen LogP contribution in [0.2, 0.25) is 0 Å². The Balaban J connectivity index is 1.36. The van der Waals surface area contributed by atoms with E-state index in [1.165, 1.54) is 0 Å². The van der Waals surface area contributed by atoms with E-state index in [9.17, 15) is 19.5 Å². The summed E-state index contributed by atoms with van der Waals surface area (Å²) in [6.45, 7) is 2.21. The summed E-state index contributed by atoms with van der Waals surface area (Å²) in [6.07, 6.45) is 4.13. The largest absolute Gasteiger partial charge is 0.481 e. The molecule has 1 fully saturated rings. The van der Waals surface area contributed by atoms with E-state index in [1.54, 1.807) is 0 Å². The van der Waals surface area contributed by atoms with Gasteiger partial charge in [-0.1, -0.05) is 74.7 Å². The minimum atomic E-state index is -0.816. The first kappa shape index (κ1) is 24.8. The van der Waals surface area contributed by atoms with Crippen LogP contribution in [-0.2, 0) is 14.3 Å².